The molecule has 2 rings (SSSR count). The maximum absolute atomic E-state index is 4.24. The summed E-state index contributed by atoms with van der Waals surface area (Å²) < 4.78 is 1.90. The van der Waals surface area contributed by atoms with Crippen molar-refractivity contribution >= 4 is 12.6 Å². The molecule has 2 aromatic rings. The number of benzene rings is 1. The highest BCUT2D eigenvalue weighted by Gasteiger charge is 2.21. The molecule has 0 fully saturated rings. The third-order valence-electron chi connectivity index (χ3n) is 2.37. The first-order valence-electron chi connectivity index (χ1n) is 4.99. The van der Waals surface area contributed by atoms with Crippen LogP contribution in [0.3, 0.4) is 0 Å². The normalized spacial score (nSPS) is 11.7. The molecule has 0 N–H and O–H groups in total. The molecule has 1 aromatic carbocycles. The Labute approximate surface area is 91.3 Å². The van der Waals surface area contributed by atoms with Crippen LogP contribution in [0.5, 0.6) is 0 Å². The standard InChI is InChI=1S/C12H16N2P/c1-15(2,3)12-7-4-6-11(10-12)14-9-5-8-13-14/h4-10H,1-3H3/q+1. The third-order valence-corrected chi connectivity index (χ3v) is 4.20. The number of aromatic nitrogens is 2. The van der Waals surface area contributed by atoms with Gasteiger partial charge in [0.05, 0.1) is 31.0 Å². The number of rotatable bonds is 2. The van der Waals surface area contributed by atoms with Crippen LogP contribution >= 0.6 is 7.26 Å². The predicted octanol–water partition coefficient (Wildman–Crippen LogP) is 2.40. The van der Waals surface area contributed by atoms with Crippen LogP contribution in [-0.4, -0.2) is 29.8 Å². The van der Waals surface area contributed by atoms with Crippen molar-refractivity contribution in [3.05, 3.63) is 42.7 Å². The third kappa shape index (κ3) is 2.27. The quantitative estimate of drug-likeness (QED) is 0.709. The summed E-state index contributed by atoms with van der Waals surface area (Å²) in [6, 6.07) is 10.6. The Balaban J connectivity index is 2.44. The highest BCUT2D eigenvalue weighted by Crippen LogP contribution is 2.45. The molecular formula is C12H16N2P+. The fourth-order valence-electron chi connectivity index (χ4n) is 1.47. The van der Waals surface area contributed by atoms with Gasteiger partial charge in [-0.2, -0.15) is 5.10 Å². The summed E-state index contributed by atoms with van der Waals surface area (Å²) in [5.41, 5.74) is 1.15. The zero-order valence-electron chi connectivity index (χ0n) is 9.38. The Morgan fingerprint density at radius 1 is 1.13 bits per heavy atom. The summed E-state index contributed by atoms with van der Waals surface area (Å²) in [5, 5.41) is 5.68. The van der Waals surface area contributed by atoms with Crippen molar-refractivity contribution in [3.63, 3.8) is 0 Å². The Kier molecular flexibility index (Phi) is 2.62. The Bertz CT molecular complexity index is 441. The first kappa shape index (κ1) is 10.4. The van der Waals surface area contributed by atoms with Crippen LogP contribution in [0.1, 0.15) is 0 Å². The molecule has 1 heterocycles. The Morgan fingerprint density at radius 3 is 2.53 bits per heavy atom. The number of nitrogens with zero attached hydrogens (tertiary/aromatic N) is 2. The van der Waals surface area contributed by atoms with Crippen molar-refractivity contribution in [2.24, 2.45) is 0 Å². The molecule has 0 aliphatic rings. The van der Waals surface area contributed by atoms with Gasteiger partial charge >= 0.3 is 0 Å². The van der Waals surface area contributed by atoms with E-state index in [2.05, 4.69) is 49.4 Å². The molecule has 0 radical (unpaired) electrons. The molecule has 0 saturated heterocycles. The van der Waals surface area contributed by atoms with E-state index in [-0.39, 0.29) is 0 Å². The van der Waals surface area contributed by atoms with Crippen molar-refractivity contribution in [1.29, 1.82) is 0 Å². The molecule has 1 aromatic heterocycles. The van der Waals surface area contributed by atoms with Crippen molar-refractivity contribution in [2.75, 3.05) is 20.0 Å². The second kappa shape index (κ2) is 3.79. The second-order valence-corrected chi connectivity index (χ2v) is 9.02. The lowest BCUT2D eigenvalue weighted by molar-refractivity contribution is 0.881. The molecule has 3 heteroatoms. The van der Waals surface area contributed by atoms with Gasteiger partial charge in [-0.05, 0) is 18.2 Å². The average molecular weight is 219 g/mol. The van der Waals surface area contributed by atoms with Gasteiger partial charge in [-0.1, -0.05) is 6.07 Å². The lowest BCUT2D eigenvalue weighted by Crippen LogP contribution is -2.09. The predicted molar refractivity (Wildman–Crippen MR) is 67.9 cm³/mol. The van der Waals surface area contributed by atoms with E-state index in [4.69, 9.17) is 0 Å². The lowest BCUT2D eigenvalue weighted by Gasteiger charge is -2.12. The SMILES string of the molecule is C[P+](C)(C)c1cccc(-n2cccn2)c1. The van der Waals surface area contributed by atoms with Gasteiger partial charge in [0.15, 0.2) is 0 Å². The van der Waals surface area contributed by atoms with Gasteiger partial charge in [0.2, 0.25) is 0 Å². The second-order valence-electron chi connectivity index (χ2n) is 4.48. The summed E-state index contributed by atoms with van der Waals surface area (Å²) in [6.45, 7) is 6.99. The van der Waals surface area contributed by atoms with Crippen LogP contribution in [-0.2, 0) is 0 Å². The van der Waals surface area contributed by atoms with Gasteiger partial charge < -0.3 is 0 Å². The summed E-state index contributed by atoms with van der Waals surface area (Å²) in [4.78, 5) is 0. The topological polar surface area (TPSA) is 17.8 Å². The van der Waals surface area contributed by atoms with Crippen LogP contribution < -0.4 is 5.30 Å². The van der Waals surface area contributed by atoms with E-state index >= 15 is 0 Å². The van der Waals surface area contributed by atoms with Crippen LogP contribution in [0.4, 0.5) is 0 Å². The van der Waals surface area contributed by atoms with Gasteiger partial charge in [-0.3, -0.25) is 0 Å². The molecule has 0 spiro atoms. The molecule has 2 nitrogen and oxygen atoms in total. The minimum absolute atomic E-state index is 0.938. The summed E-state index contributed by atoms with van der Waals surface area (Å²) >= 11 is 0. The molecule has 0 atom stereocenters. The van der Waals surface area contributed by atoms with E-state index in [1.54, 1.807) is 6.20 Å². The van der Waals surface area contributed by atoms with Crippen LogP contribution in [0.25, 0.3) is 5.69 Å². The van der Waals surface area contributed by atoms with Crippen molar-refractivity contribution in [2.45, 2.75) is 0 Å². The molecule has 0 amide bonds. The van der Waals surface area contributed by atoms with Crippen molar-refractivity contribution in [3.8, 4) is 5.69 Å². The first-order valence-corrected chi connectivity index (χ1v) is 8.12. The van der Waals surface area contributed by atoms with Gasteiger partial charge in [0.25, 0.3) is 0 Å². The highest BCUT2D eigenvalue weighted by atomic mass is 31.2. The fourth-order valence-corrected chi connectivity index (χ4v) is 2.53. The monoisotopic (exact) mass is 219 g/mol. The van der Waals surface area contributed by atoms with E-state index in [0.29, 0.717) is 0 Å². The van der Waals surface area contributed by atoms with E-state index in [1.807, 2.05) is 16.9 Å². The van der Waals surface area contributed by atoms with E-state index in [0.717, 1.165) is 5.69 Å². The maximum atomic E-state index is 4.24. The van der Waals surface area contributed by atoms with Gasteiger partial charge in [0.1, 0.15) is 0 Å². The van der Waals surface area contributed by atoms with E-state index < -0.39 is 7.26 Å². The summed E-state index contributed by atoms with van der Waals surface area (Å²) in [7, 11) is -0.938. The van der Waals surface area contributed by atoms with Crippen LogP contribution in [0, 0.1) is 0 Å². The first-order chi connectivity index (χ1) is 7.07. The Morgan fingerprint density at radius 2 is 1.93 bits per heavy atom. The summed E-state index contributed by atoms with van der Waals surface area (Å²) in [5.74, 6) is 0. The Hall–Kier alpha value is -1.14. The fraction of sp³-hybridized carbons (Fsp3) is 0.250. The molecule has 0 aliphatic carbocycles. The highest BCUT2D eigenvalue weighted by molar-refractivity contribution is 7.80. The zero-order valence-corrected chi connectivity index (χ0v) is 10.3. The molecular weight excluding hydrogens is 203 g/mol. The van der Waals surface area contributed by atoms with E-state index in [9.17, 15) is 0 Å². The molecule has 15 heavy (non-hydrogen) atoms. The van der Waals surface area contributed by atoms with Crippen LogP contribution in [0.2, 0.25) is 0 Å². The average Bonchev–Trinajstić information content (AvgIpc) is 2.69. The van der Waals surface area contributed by atoms with Crippen molar-refractivity contribution in [1.82, 2.24) is 9.78 Å². The molecule has 0 saturated carbocycles. The molecule has 0 aliphatic heterocycles. The largest absolute Gasteiger partial charge is 0.241 e. The van der Waals surface area contributed by atoms with Crippen molar-refractivity contribution < 1.29 is 0 Å². The molecule has 78 valence electrons. The van der Waals surface area contributed by atoms with Crippen LogP contribution in [0.15, 0.2) is 42.7 Å². The van der Waals surface area contributed by atoms with Gasteiger partial charge in [0, 0.05) is 25.7 Å². The minimum atomic E-state index is -0.938. The maximum Gasteiger partial charge on any atom is 0.0952 e. The smallest absolute Gasteiger partial charge is 0.0952 e. The molecule has 0 bridgehead atoms. The van der Waals surface area contributed by atoms with E-state index in [1.165, 1.54) is 5.30 Å². The number of hydrogen-bond donors (Lipinski definition) is 0. The summed E-state index contributed by atoms with van der Waals surface area (Å²) in [6.07, 6.45) is 3.78. The zero-order chi connectivity index (χ0) is 10.9. The van der Waals surface area contributed by atoms with Gasteiger partial charge in [-0.15, -0.1) is 0 Å². The van der Waals surface area contributed by atoms with Gasteiger partial charge in [-0.25, -0.2) is 4.68 Å². The molecule has 0 unspecified atom stereocenters. The lowest BCUT2D eigenvalue weighted by atomic mass is 10.3. The minimum Gasteiger partial charge on any atom is -0.241 e. The number of hydrogen-bond acceptors (Lipinski definition) is 1.